The molecule has 3 heteroatoms. The van der Waals surface area contributed by atoms with Gasteiger partial charge in [-0.3, -0.25) is 0 Å². The van der Waals surface area contributed by atoms with Crippen molar-refractivity contribution in [1.29, 1.82) is 0 Å². The fourth-order valence-electron chi connectivity index (χ4n) is 2.71. The fourth-order valence-corrected chi connectivity index (χ4v) is 2.71. The number of aromatic nitrogens is 1. The number of piperidine rings is 1. The molecule has 0 bridgehead atoms. The van der Waals surface area contributed by atoms with Crippen molar-refractivity contribution in [3.8, 4) is 5.75 Å². The highest BCUT2D eigenvalue weighted by Crippen LogP contribution is 2.31. The van der Waals surface area contributed by atoms with Crippen LogP contribution in [0.1, 0.15) is 24.3 Å². The van der Waals surface area contributed by atoms with Crippen LogP contribution >= 0.6 is 0 Å². The van der Waals surface area contributed by atoms with Crippen molar-refractivity contribution in [2.75, 3.05) is 20.2 Å². The Kier molecular flexibility index (Phi) is 2.77. The number of ether oxygens (including phenoxy) is 1. The Morgan fingerprint density at radius 2 is 2.29 bits per heavy atom. The van der Waals surface area contributed by atoms with Gasteiger partial charge in [0.05, 0.1) is 7.11 Å². The molecule has 1 aromatic heterocycles. The van der Waals surface area contributed by atoms with Crippen molar-refractivity contribution < 1.29 is 4.74 Å². The fraction of sp³-hybridized carbons (Fsp3) is 0.429. The minimum atomic E-state index is 0.644. The van der Waals surface area contributed by atoms with E-state index in [9.17, 15) is 0 Å². The van der Waals surface area contributed by atoms with Gasteiger partial charge in [-0.1, -0.05) is 0 Å². The van der Waals surface area contributed by atoms with Crippen molar-refractivity contribution in [2.45, 2.75) is 18.8 Å². The van der Waals surface area contributed by atoms with E-state index in [1.165, 1.54) is 29.3 Å². The normalized spacial score (nSPS) is 20.6. The zero-order chi connectivity index (χ0) is 11.7. The average Bonchev–Trinajstić information content (AvgIpc) is 2.82. The highest BCUT2D eigenvalue weighted by atomic mass is 16.5. The van der Waals surface area contributed by atoms with Crippen LogP contribution in [0, 0.1) is 0 Å². The van der Waals surface area contributed by atoms with Gasteiger partial charge in [-0.05, 0) is 43.0 Å². The Balaban J connectivity index is 1.99. The summed E-state index contributed by atoms with van der Waals surface area (Å²) < 4.78 is 5.24. The first-order valence-corrected chi connectivity index (χ1v) is 6.24. The lowest BCUT2D eigenvalue weighted by Crippen LogP contribution is -2.28. The third-order valence-electron chi connectivity index (χ3n) is 3.66. The molecule has 0 radical (unpaired) electrons. The number of hydrogen-bond acceptors (Lipinski definition) is 2. The number of H-pyrrole nitrogens is 1. The zero-order valence-electron chi connectivity index (χ0n) is 10.1. The van der Waals surface area contributed by atoms with E-state index in [1.54, 1.807) is 7.11 Å². The Hall–Kier alpha value is -1.48. The predicted molar refractivity (Wildman–Crippen MR) is 69.7 cm³/mol. The van der Waals surface area contributed by atoms with Gasteiger partial charge in [-0.25, -0.2) is 0 Å². The standard InChI is InChI=1S/C14H18N2O/c1-17-11-4-5-12-13(9-16-14(12)7-11)10-3-2-6-15-8-10/h4-5,7,9-10,15-16H,2-3,6,8H2,1H3/t10-/m1/s1. The summed E-state index contributed by atoms with van der Waals surface area (Å²) in [5.74, 6) is 1.55. The molecule has 3 rings (SSSR count). The zero-order valence-corrected chi connectivity index (χ0v) is 10.1. The van der Waals surface area contributed by atoms with E-state index in [2.05, 4.69) is 28.6 Å². The lowest BCUT2D eigenvalue weighted by molar-refractivity contribution is 0.415. The Morgan fingerprint density at radius 3 is 3.06 bits per heavy atom. The summed E-state index contributed by atoms with van der Waals surface area (Å²) >= 11 is 0. The summed E-state index contributed by atoms with van der Waals surface area (Å²) in [7, 11) is 1.70. The Labute approximate surface area is 101 Å². The van der Waals surface area contributed by atoms with E-state index in [1.807, 2.05) is 6.07 Å². The molecule has 1 fully saturated rings. The molecule has 17 heavy (non-hydrogen) atoms. The minimum Gasteiger partial charge on any atom is -0.497 e. The second kappa shape index (κ2) is 4.41. The maximum absolute atomic E-state index is 5.24. The van der Waals surface area contributed by atoms with Crippen molar-refractivity contribution in [1.82, 2.24) is 10.3 Å². The number of nitrogens with one attached hydrogen (secondary N) is 2. The van der Waals surface area contributed by atoms with Crippen LogP contribution in [0.15, 0.2) is 24.4 Å². The van der Waals surface area contributed by atoms with Gasteiger partial charge in [0.1, 0.15) is 5.75 Å². The summed E-state index contributed by atoms with van der Waals surface area (Å²) in [6, 6.07) is 6.26. The van der Waals surface area contributed by atoms with Crippen LogP contribution < -0.4 is 10.1 Å². The minimum absolute atomic E-state index is 0.644. The monoisotopic (exact) mass is 230 g/mol. The van der Waals surface area contributed by atoms with Gasteiger partial charge in [0.2, 0.25) is 0 Å². The van der Waals surface area contributed by atoms with E-state index in [0.717, 1.165) is 18.8 Å². The van der Waals surface area contributed by atoms with Crippen molar-refractivity contribution in [3.05, 3.63) is 30.0 Å². The quantitative estimate of drug-likeness (QED) is 0.832. The van der Waals surface area contributed by atoms with E-state index < -0.39 is 0 Å². The molecule has 3 nitrogen and oxygen atoms in total. The summed E-state index contributed by atoms with van der Waals surface area (Å²) in [4.78, 5) is 3.35. The Morgan fingerprint density at radius 1 is 1.35 bits per heavy atom. The molecule has 1 aliphatic rings. The van der Waals surface area contributed by atoms with Gasteiger partial charge in [-0.2, -0.15) is 0 Å². The summed E-state index contributed by atoms with van der Waals surface area (Å²) in [5.41, 5.74) is 2.61. The smallest absolute Gasteiger partial charge is 0.120 e. The molecule has 90 valence electrons. The first-order valence-electron chi connectivity index (χ1n) is 6.24. The topological polar surface area (TPSA) is 37.0 Å². The molecule has 1 aromatic carbocycles. The SMILES string of the molecule is COc1ccc2c([C@@H]3CCCNC3)c[nH]c2c1. The van der Waals surface area contributed by atoms with E-state index in [0.29, 0.717) is 5.92 Å². The lowest BCUT2D eigenvalue weighted by Gasteiger charge is -2.22. The van der Waals surface area contributed by atoms with Crippen LogP contribution in [0.5, 0.6) is 5.75 Å². The third kappa shape index (κ3) is 1.91. The molecule has 0 saturated carbocycles. The van der Waals surface area contributed by atoms with Crippen molar-refractivity contribution in [2.24, 2.45) is 0 Å². The molecule has 0 unspecified atom stereocenters. The highest BCUT2D eigenvalue weighted by Gasteiger charge is 2.18. The summed E-state index contributed by atoms with van der Waals surface area (Å²) in [6.45, 7) is 2.26. The largest absolute Gasteiger partial charge is 0.497 e. The van der Waals surface area contributed by atoms with E-state index >= 15 is 0 Å². The van der Waals surface area contributed by atoms with Crippen LogP contribution in [0.3, 0.4) is 0 Å². The molecule has 0 spiro atoms. The van der Waals surface area contributed by atoms with Gasteiger partial charge < -0.3 is 15.0 Å². The number of rotatable bonds is 2. The predicted octanol–water partition coefficient (Wildman–Crippen LogP) is 2.64. The number of hydrogen-bond donors (Lipinski definition) is 2. The van der Waals surface area contributed by atoms with Crippen molar-refractivity contribution in [3.63, 3.8) is 0 Å². The van der Waals surface area contributed by atoms with Crippen molar-refractivity contribution >= 4 is 10.9 Å². The number of methoxy groups -OCH3 is 1. The molecular weight excluding hydrogens is 212 g/mol. The molecule has 1 atom stereocenters. The maximum atomic E-state index is 5.24. The molecule has 0 amide bonds. The van der Waals surface area contributed by atoms with Crippen LogP contribution in [0.25, 0.3) is 10.9 Å². The van der Waals surface area contributed by atoms with E-state index in [4.69, 9.17) is 4.74 Å². The highest BCUT2D eigenvalue weighted by molar-refractivity contribution is 5.85. The molecular formula is C14H18N2O. The van der Waals surface area contributed by atoms with E-state index in [-0.39, 0.29) is 0 Å². The lowest BCUT2D eigenvalue weighted by atomic mass is 9.91. The van der Waals surface area contributed by atoms with Gasteiger partial charge in [0.15, 0.2) is 0 Å². The molecule has 1 aliphatic heterocycles. The van der Waals surface area contributed by atoms with Crippen LogP contribution in [-0.2, 0) is 0 Å². The maximum Gasteiger partial charge on any atom is 0.120 e. The Bertz CT molecular complexity index is 512. The third-order valence-corrected chi connectivity index (χ3v) is 3.66. The first kappa shape index (κ1) is 10.7. The number of aromatic amines is 1. The molecule has 2 aromatic rings. The van der Waals surface area contributed by atoms with Crippen LogP contribution in [-0.4, -0.2) is 25.2 Å². The summed E-state index contributed by atoms with van der Waals surface area (Å²) in [6.07, 6.45) is 4.71. The van der Waals surface area contributed by atoms with Gasteiger partial charge in [0, 0.05) is 29.7 Å². The van der Waals surface area contributed by atoms with Gasteiger partial charge >= 0.3 is 0 Å². The van der Waals surface area contributed by atoms with Gasteiger partial charge in [-0.15, -0.1) is 0 Å². The van der Waals surface area contributed by atoms with Crippen LogP contribution in [0.4, 0.5) is 0 Å². The van der Waals surface area contributed by atoms with Crippen LogP contribution in [0.2, 0.25) is 0 Å². The second-order valence-corrected chi connectivity index (χ2v) is 4.70. The van der Waals surface area contributed by atoms with Gasteiger partial charge in [0.25, 0.3) is 0 Å². The second-order valence-electron chi connectivity index (χ2n) is 4.70. The average molecular weight is 230 g/mol. The molecule has 0 aliphatic carbocycles. The first-order chi connectivity index (χ1) is 8.38. The number of benzene rings is 1. The molecule has 1 saturated heterocycles. The number of fused-ring (bicyclic) bond motifs is 1. The summed E-state index contributed by atoms with van der Waals surface area (Å²) in [5, 5.41) is 4.80. The molecule has 2 heterocycles. The molecule has 2 N–H and O–H groups in total.